The minimum absolute atomic E-state index is 0.0437. The van der Waals surface area contributed by atoms with Gasteiger partial charge >= 0.3 is 0 Å². The number of carbonyl (C=O) groups excluding carboxylic acids is 2. The standard InChI is InChI=1S/C14H21N5O2/c1-10-15-14(17-16-10)11-4-2-6-18(8-11)13(21)9-19-7-3-5-12(19)20/h11H,2-9H2,1H3,(H,15,16,17). The third-order valence-electron chi connectivity index (χ3n) is 4.25. The first-order valence-corrected chi connectivity index (χ1v) is 7.58. The van der Waals surface area contributed by atoms with Gasteiger partial charge in [0.05, 0.1) is 6.54 Å². The molecule has 1 N–H and O–H groups in total. The number of aromatic amines is 1. The Morgan fingerprint density at radius 3 is 2.90 bits per heavy atom. The van der Waals surface area contributed by atoms with Crippen molar-refractivity contribution in [2.45, 2.75) is 38.5 Å². The Balaban J connectivity index is 1.60. The third-order valence-corrected chi connectivity index (χ3v) is 4.25. The van der Waals surface area contributed by atoms with Crippen LogP contribution in [0, 0.1) is 6.92 Å². The Labute approximate surface area is 123 Å². The highest BCUT2D eigenvalue weighted by atomic mass is 16.2. The van der Waals surface area contributed by atoms with Crippen molar-refractivity contribution in [2.24, 2.45) is 0 Å². The van der Waals surface area contributed by atoms with Crippen molar-refractivity contribution in [3.8, 4) is 0 Å². The summed E-state index contributed by atoms with van der Waals surface area (Å²) in [5, 5.41) is 7.07. The molecule has 0 spiro atoms. The van der Waals surface area contributed by atoms with Gasteiger partial charge in [-0.05, 0) is 26.2 Å². The molecule has 0 bridgehead atoms. The number of hydrogen-bond acceptors (Lipinski definition) is 4. The third kappa shape index (κ3) is 3.06. The molecule has 3 rings (SSSR count). The van der Waals surface area contributed by atoms with Crippen LogP contribution in [0.15, 0.2) is 0 Å². The average molecular weight is 291 g/mol. The molecule has 2 amide bonds. The van der Waals surface area contributed by atoms with Crippen molar-refractivity contribution in [3.63, 3.8) is 0 Å². The number of nitrogens with zero attached hydrogens (tertiary/aromatic N) is 4. The van der Waals surface area contributed by atoms with Crippen LogP contribution in [0.1, 0.15) is 43.3 Å². The highest BCUT2D eigenvalue weighted by Crippen LogP contribution is 2.24. The smallest absolute Gasteiger partial charge is 0.242 e. The molecule has 1 unspecified atom stereocenters. The number of likely N-dealkylation sites (tertiary alicyclic amines) is 2. The minimum Gasteiger partial charge on any atom is -0.340 e. The van der Waals surface area contributed by atoms with Crippen molar-refractivity contribution >= 4 is 11.8 Å². The molecule has 1 aromatic rings. The highest BCUT2D eigenvalue weighted by Gasteiger charge is 2.29. The number of nitrogens with one attached hydrogen (secondary N) is 1. The number of piperidine rings is 1. The van der Waals surface area contributed by atoms with E-state index in [2.05, 4.69) is 15.2 Å². The van der Waals surface area contributed by atoms with E-state index in [-0.39, 0.29) is 24.3 Å². The lowest BCUT2D eigenvalue weighted by atomic mass is 9.97. The number of rotatable bonds is 3. The molecule has 0 aliphatic carbocycles. The normalized spacial score (nSPS) is 22.9. The molecule has 2 aliphatic heterocycles. The SMILES string of the molecule is Cc1nc(C2CCCN(C(=O)CN3CCCC3=O)C2)n[nH]1. The van der Waals surface area contributed by atoms with Crippen molar-refractivity contribution in [2.75, 3.05) is 26.2 Å². The summed E-state index contributed by atoms with van der Waals surface area (Å²) >= 11 is 0. The van der Waals surface area contributed by atoms with E-state index < -0.39 is 0 Å². The van der Waals surface area contributed by atoms with Crippen LogP contribution in [0.2, 0.25) is 0 Å². The van der Waals surface area contributed by atoms with Gasteiger partial charge in [-0.3, -0.25) is 14.7 Å². The Morgan fingerprint density at radius 1 is 1.38 bits per heavy atom. The van der Waals surface area contributed by atoms with E-state index in [9.17, 15) is 9.59 Å². The summed E-state index contributed by atoms with van der Waals surface area (Å²) in [5.41, 5.74) is 0. The molecule has 1 aromatic heterocycles. The van der Waals surface area contributed by atoms with Crippen LogP contribution in [0.4, 0.5) is 0 Å². The fraction of sp³-hybridized carbons (Fsp3) is 0.714. The summed E-state index contributed by atoms with van der Waals surface area (Å²) in [5.74, 6) is 1.93. The van der Waals surface area contributed by atoms with Crippen molar-refractivity contribution in [1.82, 2.24) is 25.0 Å². The van der Waals surface area contributed by atoms with E-state index in [1.807, 2.05) is 11.8 Å². The summed E-state index contributed by atoms with van der Waals surface area (Å²) in [4.78, 5) is 31.9. The summed E-state index contributed by atoms with van der Waals surface area (Å²) in [7, 11) is 0. The largest absolute Gasteiger partial charge is 0.340 e. The van der Waals surface area contributed by atoms with E-state index in [4.69, 9.17) is 0 Å². The number of aryl methyl sites for hydroxylation is 1. The first-order chi connectivity index (χ1) is 10.1. The molecule has 1 atom stereocenters. The molecule has 2 saturated heterocycles. The molecule has 114 valence electrons. The molecular weight excluding hydrogens is 270 g/mol. The molecule has 0 radical (unpaired) electrons. The zero-order chi connectivity index (χ0) is 14.8. The van der Waals surface area contributed by atoms with Crippen molar-refractivity contribution < 1.29 is 9.59 Å². The maximum absolute atomic E-state index is 12.4. The van der Waals surface area contributed by atoms with E-state index in [0.717, 1.165) is 37.5 Å². The zero-order valence-corrected chi connectivity index (χ0v) is 12.3. The topological polar surface area (TPSA) is 82.2 Å². The summed E-state index contributed by atoms with van der Waals surface area (Å²) in [6.45, 7) is 4.22. The lowest BCUT2D eigenvalue weighted by Crippen LogP contribution is -2.45. The Kier molecular flexibility index (Phi) is 3.90. The van der Waals surface area contributed by atoms with E-state index >= 15 is 0 Å². The van der Waals surface area contributed by atoms with Crippen LogP contribution in [-0.4, -0.2) is 63.0 Å². The van der Waals surface area contributed by atoms with Gasteiger partial charge in [0, 0.05) is 32.0 Å². The number of carbonyl (C=O) groups is 2. The summed E-state index contributed by atoms with van der Waals surface area (Å²) < 4.78 is 0. The Hall–Kier alpha value is -1.92. The van der Waals surface area contributed by atoms with Crippen LogP contribution < -0.4 is 0 Å². The van der Waals surface area contributed by atoms with Crippen molar-refractivity contribution in [3.05, 3.63) is 11.6 Å². The second kappa shape index (κ2) is 5.83. The average Bonchev–Trinajstić information content (AvgIpc) is 3.08. The number of aromatic nitrogens is 3. The van der Waals surface area contributed by atoms with Crippen LogP contribution in [0.5, 0.6) is 0 Å². The second-order valence-electron chi connectivity index (χ2n) is 5.88. The quantitative estimate of drug-likeness (QED) is 0.876. The fourth-order valence-electron chi connectivity index (χ4n) is 3.09. The number of H-pyrrole nitrogens is 1. The predicted molar refractivity (Wildman–Crippen MR) is 75.5 cm³/mol. The van der Waals surface area contributed by atoms with Gasteiger partial charge in [-0.25, -0.2) is 4.98 Å². The Morgan fingerprint density at radius 2 is 2.24 bits per heavy atom. The maximum Gasteiger partial charge on any atom is 0.242 e. The first-order valence-electron chi connectivity index (χ1n) is 7.58. The molecule has 0 saturated carbocycles. The predicted octanol–water partition coefficient (Wildman–Crippen LogP) is 0.442. The lowest BCUT2D eigenvalue weighted by molar-refractivity contribution is -0.139. The monoisotopic (exact) mass is 291 g/mol. The van der Waals surface area contributed by atoms with Crippen molar-refractivity contribution in [1.29, 1.82) is 0 Å². The zero-order valence-electron chi connectivity index (χ0n) is 12.3. The van der Waals surface area contributed by atoms with E-state index in [0.29, 0.717) is 19.5 Å². The number of hydrogen-bond donors (Lipinski definition) is 1. The van der Waals surface area contributed by atoms with Gasteiger partial charge in [-0.2, -0.15) is 5.10 Å². The molecular formula is C14H21N5O2. The van der Waals surface area contributed by atoms with Crippen LogP contribution in [0.3, 0.4) is 0 Å². The maximum atomic E-state index is 12.4. The van der Waals surface area contributed by atoms with Gasteiger partial charge in [0.15, 0.2) is 5.82 Å². The molecule has 2 aliphatic rings. The minimum atomic E-state index is 0.0437. The van der Waals surface area contributed by atoms with Crippen LogP contribution in [0.25, 0.3) is 0 Å². The molecule has 21 heavy (non-hydrogen) atoms. The molecule has 7 nitrogen and oxygen atoms in total. The number of amides is 2. The van der Waals surface area contributed by atoms with Gasteiger partial charge in [-0.15, -0.1) is 0 Å². The van der Waals surface area contributed by atoms with Gasteiger partial charge in [0.1, 0.15) is 5.82 Å². The van der Waals surface area contributed by atoms with Crippen LogP contribution in [-0.2, 0) is 9.59 Å². The van der Waals surface area contributed by atoms with E-state index in [1.54, 1.807) is 4.90 Å². The van der Waals surface area contributed by atoms with Crippen LogP contribution >= 0.6 is 0 Å². The molecule has 7 heteroatoms. The summed E-state index contributed by atoms with van der Waals surface area (Å²) in [6.07, 6.45) is 3.40. The van der Waals surface area contributed by atoms with E-state index in [1.165, 1.54) is 0 Å². The fourth-order valence-corrected chi connectivity index (χ4v) is 3.09. The highest BCUT2D eigenvalue weighted by molar-refractivity contribution is 5.86. The second-order valence-corrected chi connectivity index (χ2v) is 5.88. The van der Waals surface area contributed by atoms with Gasteiger partial charge < -0.3 is 9.80 Å². The summed E-state index contributed by atoms with van der Waals surface area (Å²) in [6, 6.07) is 0. The van der Waals surface area contributed by atoms with Gasteiger partial charge in [0.2, 0.25) is 11.8 Å². The lowest BCUT2D eigenvalue weighted by Gasteiger charge is -2.32. The first kappa shape index (κ1) is 14.0. The molecule has 2 fully saturated rings. The van der Waals surface area contributed by atoms with Gasteiger partial charge in [0.25, 0.3) is 0 Å². The van der Waals surface area contributed by atoms with Gasteiger partial charge in [-0.1, -0.05) is 0 Å². The molecule has 3 heterocycles. The molecule has 0 aromatic carbocycles. The Bertz CT molecular complexity index is 541.